The number of amides is 1. The van der Waals surface area contributed by atoms with Crippen molar-refractivity contribution in [3.8, 4) is 0 Å². The lowest BCUT2D eigenvalue weighted by atomic mass is 10.1. The number of hydrogen-bond acceptors (Lipinski definition) is 3. The Kier molecular flexibility index (Phi) is 5.91. The highest BCUT2D eigenvalue weighted by molar-refractivity contribution is 7.16. The van der Waals surface area contributed by atoms with E-state index in [0.29, 0.717) is 28.0 Å². The van der Waals surface area contributed by atoms with Crippen molar-refractivity contribution in [1.29, 1.82) is 0 Å². The van der Waals surface area contributed by atoms with E-state index in [9.17, 15) is 4.79 Å². The van der Waals surface area contributed by atoms with Crippen LogP contribution in [0.1, 0.15) is 5.56 Å². The van der Waals surface area contributed by atoms with Gasteiger partial charge in [-0.1, -0.05) is 64.9 Å². The van der Waals surface area contributed by atoms with Gasteiger partial charge in [-0.3, -0.25) is 4.79 Å². The highest BCUT2D eigenvalue weighted by atomic mass is 35.5. The summed E-state index contributed by atoms with van der Waals surface area (Å²) in [4.78, 5) is 17.3. The summed E-state index contributed by atoms with van der Waals surface area (Å²) in [6.45, 7) is 1.02. The van der Waals surface area contributed by atoms with Gasteiger partial charge < -0.3 is 9.30 Å². The Labute approximate surface area is 159 Å². The van der Waals surface area contributed by atoms with E-state index >= 15 is 0 Å². The molecule has 25 heavy (non-hydrogen) atoms. The molecule has 7 heteroatoms. The first kappa shape index (κ1) is 18.1. The number of carbonyl (C=O) groups excluding carboxylic acids is 1. The maximum atomic E-state index is 12.4. The van der Waals surface area contributed by atoms with Gasteiger partial charge in [-0.05, 0) is 17.7 Å². The predicted molar refractivity (Wildman–Crippen MR) is 102 cm³/mol. The summed E-state index contributed by atoms with van der Waals surface area (Å²) in [5.74, 6) is -0.203. The quantitative estimate of drug-likeness (QED) is 0.646. The third kappa shape index (κ3) is 4.12. The van der Waals surface area contributed by atoms with Gasteiger partial charge in [0, 0.05) is 13.7 Å². The van der Waals surface area contributed by atoms with E-state index in [2.05, 4.69) is 4.99 Å². The van der Waals surface area contributed by atoms with Crippen molar-refractivity contribution in [3.05, 3.63) is 62.9 Å². The Morgan fingerprint density at radius 1 is 1.20 bits per heavy atom. The molecular weight excluding hydrogens is 379 g/mol. The molecule has 0 fully saturated rings. The first-order valence-electron chi connectivity index (χ1n) is 7.68. The lowest BCUT2D eigenvalue weighted by Crippen LogP contribution is -2.20. The van der Waals surface area contributed by atoms with Crippen LogP contribution < -0.4 is 4.80 Å². The van der Waals surface area contributed by atoms with Crippen molar-refractivity contribution in [3.63, 3.8) is 0 Å². The van der Waals surface area contributed by atoms with Crippen LogP contribution in [0.25, 0.3) is 10.2 Å². The van der Waals surface area contributed by atoms with Crippen molar-refractivity contribution < 1.29 is 9.53 Å². The average Bonchev–Trinajstić information content (AvgIpc) is 2.95. The molecule has 3 rings (SSSR count). The number of rotatable bonds is 5. The zero-order valence-corrected chi connectivity index (χ0v) is 15.9. The van der Waals surface area contributed by atoms with Gasteiger partial charge in [-0.2, -0.15) is 4.99 Å². The molecule has 0 aliphatic rings. The van der Waals surface area contributed by atoms with Crippen molar-refractivity contribution >= 4 is 50.7 Å². The highest BCUT2D eigenvalue weighted by Gasteiger charge is 2.13. The SMILES string of the molecule is COCCn1c(=NC(=O)Cc2ccccc2)sc2ccc(Cl)c(Cl)c21. The number of hydrogen-bond donors (Lipinski definition) is 0. The summed E-state index contributed by atoms with van der Waals surface area (Å²) in [6, 6.07) is 13.2. The molecule has 1 heterocycles. The van der Waals surface area contributed by atoms with Crippen LogP contribution in [0.4, 0.5) is 0 Å². The number of benzene rings is 2. The Morgan fingerprint density at radius 2 is 1.96 bits per heavy atom. The first-order chi connectivity index (χ1) is 12.1. The molecule has 0 N–H and O–H groups in total. The minimum absolute atomic E-state index is 0.203. The number of thiazole rings is 1. The molecule has 0 bridgehead atoms. The number of aromatic nitrogens is 1. The Hall–Kier alpha value is -1.66. The second-order valence-corrected chi connectivity index (χ2v) is 7.20. The number of halogens is 2. The summed E-state index contributed by atoms with van der Waals surface area (Å²) >= 11 is 13.9. The van der Waals surface area contributed by atoms with Gasteiger partial charge in [0.05, 0.1) is 33.3 Å². The fourth-order valence-corrected chi connectivity index (χ4v) is 4.05. The van der Waals surface area contributed by atoms with Crippen LogP contribution in [0.2, 0.25) is 10.0 Å². The van der Waals surface area contributed by atoms with Crippen LogP contribution in [0.5, 0.6) is 0 Å². The average molecular weight is 395 g/mol. The van der Waals surface area contributed by atoms with Crippen LogP contribution in [0.15, 0.2) is 47.5 Å². The summed E-state index contributed by atoms with van der Waals surface area (Å²) in [7, 11) is 1.63. The second kappa shape index (κ2) is 8.15. The minimum atomic E-state index is -0.203. The molecule has 4 nitrogen and oxygen atoms in total. The molecule has 0 aliphatic heterocycles. The number of nitrogens with zero attached hydrogens (tertiary/aromatic N) is 2. The van der Waals surface area contributed by atoms with Gasteiger partial charge in [0.2, 0.25) is 0 Å². The third-order valence-electron chi connectivity index (χ3n) is 3.67. The largest absolute Gasteiger partial charge is 0.383 e. The summed E-state index contributed by atoms with van der Waals surface area (Å²) in [6.07, 6.45) is 0.258. The molecule has 0 unspecified atom stereocenters. The molecule has 1 aromatic heterocycles. The third-order valence-corrected chi connectivity index (χ3v) is 5.51. The molecule has 2 aromatic carbocycles. The first-order valence-corrected chi connectivity index (χ1v) is 9.25. The second-order valence-electron chi connectivity index (χ2n) is 5.41. The fraction of sp³-hybridized carbons (Fsp3) is 0.222. The number of methoxy groups -OCH3 is 1. The predicted octanol–water partition coefficient (Wildman–Crippen LogP) is 4.33. The van der Waals surface area contributed by atoms with Crippen LogP contribution in [0, 0.1) is 0 Å². The van der Waals surface area contributed by atoms with Crippen molar-refractivity contribution in [2.75, 3.05) is 13.7 Å². The van der Waals surface area contributed by atoms with Crippen LogP contribution in [0.3, 0.4) is 0 Å². The number of fused-ring (bicyclic) bond motifs is 1. The van der Waals surface area contributed by atoms with E-state index in [-0.39, 0.29) is 12.3 Å². The van der Waals surface area contributed by atoms with Crippen molar-refractivity contribution in [1.82, 2.24) is 4.57 Å². The van der Waals surface area contributed by atoms with E-state index in [4.69, 9.17) is 27.9 Å². The van der Waals surface area contributed by atoms with E-state index in [1.807, 2.05) is 41.0 Å². The van der Waals surface area contributed by atoms with E-state index in [1.165, 1.54) is 11.3 Å². The lowest BCUT2D eigenvalue weighted by Gasteiger charge is -2.06. The van der Waals surface area contributed by atoms with Gasteiger partial charge in [0.25, 0.3) is 5.91 Å². The highest BCUT2D eigenvalue weighted by Crippen LogP contribution is 2.32. The maximum absolute atomic E-state index is 12.4. The van der Waals surface area contributed by atoms with Crippen LogP contribution in [-0.4, -0.2) is 24.2 Å². The molecule has 0 saturated carbocycles. The molecular formula is C18H16Cl2N2O2S. The van der Waals surface area contributed by atoms with E-state index < -0.39 is 0 Å². The molecule has 130 valence electrons. The standard InChI is InChI=1S/C18H16Cl2N2O2S/c1-24-10-9-22-17-14(8-7-13(19)16(17)20)25-18(22)21-15(23)11-12-5-3-2-4-6-12/h2-8H,9-11H2,1H3. The van der Waals surface area contributed by atoms with Gasteiger partial charge in [0.1, 0.15) is 0 Å². The van der Waals surface area contributed by atoms with Gasteiger partial charge in [0.15, 0.2) is 4.80 Å². The smallest absolute Gasteiger partial charge is 0.252 e. The van der Waals surface area contributed by atoms with Crippen molar-refractivity contribution in [2.24, 2.45) is 4.99 Å². The lowest BCUT2D eigenvalue weighted by molar-refractivity contribution is -0.117. The molecule has 0 aliphatic carbocycles. The summed E-state index contributed by atoms with van der Waals surface area (Å²) in [5, 5.41) is 0.934. The van der Waals surface area contributed by atoms with E-state index in [1.54, 1.807) is 13.2 Å². The Bertz CT molecular complexity index is 964. The fourth-order valence-electron chi connectivity index (χ4n) is 2.50. The maximum Gasteiger partial charge on any atom is 0.252 e. The molecule has 0 radical (unpaired) electrons. The van der Waals surface area contributed by atoms with E-state index in [0.717, 1.165) is 15.8 Å². The molecule has 0 atom stereocenters. The normalized spacial score (nSPS) is 12.0. The summed E-state index contributed by atoms with van der Waals surface area (Å²) in [5.41, 5.74) is 1.71. The monoisotopic (exact) mass is 394 g/mol. The Morgan fingerprint density at radius 3 is 2.68 bits per heavy atom. The van der Waals surface area contributed by atoms with Crippen molar-refractivity contribution in [2.45, 2.75) is 13.0 Å². The van der Waals surface area contributed by atoms with Gasteiger partial charge in [-0.15, -0.1) is 0 Å². The molecule has 1 amide bonds. The molecule has 0 spiro atoms. The van der Waals surface area contributed by atoms with Gasteiger partial charge >= 0.3 is 0 Å². The Balaban J connectivity index is 2.05. The molecule has 3 aromatic rings. The zero-order chi connectivity index (χ0) is 17.8. The number of carbonyl (C=O) groups is 1. The topological polar surface area (TPSA) is 43.6 Å². The summed E-state index contributed by atoms with van der Waals surface area (Å²) < 4.78 is 7.99. The van der Waals surface area contributed by atoms with Crippen LogP contribution in [-0.2, 0) is 22.5 Å². The van der Waals surface area contributed by atoms with Crippen LogP contribution >= 0.6 is 34.5 Å². The zero-order valence-electron chi connectivity index (χ0n) is 13.5. The minimum Gasteiger partial charge on any atom is -0.383 e. The molecule has 0 saturated heterocycles. The number of ether oxygens (including phenoxy) is 1. The van der Waals surface area contributed by atoms with Gasteiger partial charge in [-0.25, -0.2) is 0 Å².